The second-order valence-electron chi connectivity index (χ2n) is 17.9. The van der Waals surface area contributed by atoms with Gasteiger partial charge in [-0.1, -0.05) is 188 Å². The lowest BCUT2D eigenvalue weighted by molar-refractivity contribution is 0.488. The van der Waals surface area contributed by atoms with Crippen molar-refractivity contribution in [3.05, 3.63) is 249 Å². The molecule has 0 saturated carbocycles. The Hall–Kier alpha value is -9.18. The molecule has 14 rings (SSSR count). The van der Waals surface area contributed by atoms with E-state index in [-0.39, 0.29) is 0 Å². The first-order valence-corrected chi connectivity index (χ1v) is 23.6. The topological polar surface area (TPSA) is 25.6 Å². The average Bonchev–Trinajstić information content (AvgIpc) is 3.73. The Balaban J connectivity index is 1.12. The molecule has 322 valence electrons. The van der Waals surface area contributed by atoms with Crippen LogP contribution in [0.3, 0.4) is 0 Å². The van der Waals surface area contributed by atoms with Crippen molar-refractivity contribution in [1.82, 2.24) is 0 Å². The summed E-state index contributed by atoms with van der Waals surface area (Å²) in [5.74, 6) is 1.68. The summed E-state index contributed by atoms with van der Waals surface area (Å²) in [5, 5.41) is 13.6. The average molecular weight is 880 g/mol. The van der Waals surface area contributed by atoms with E-state index in [4.69, 9.17) is 9.15 Å². The number of nitrogens with zero attached hydrogens (tertiary/aromatic N) is 1. The number of furan rings is 1. The van der Waals surface area contributed by atoms with E-state index in [1.54, 1.807) is 0 Å². The normalized spacial score (nSPS) is 11.9. The first-order chi connectivity index (χ1) is 34.2. The molecule has 3 nitrogen and oxygen atoms in total. The van der Waals surface area contributed by atoms with Crippen LogP contribution in [0.25, 0.3) is 109 Å². The zero-order chi connectivity index (χ0) is 45.4. The van der Waals surface area contributed by atoms with Gasteiger partial charge < -0.3 is 14.1 Å². The second kappa shape index (κ2) is 15.7. The van der Waals surface area contributed by atoms with Gasteiger partial charge in [-0.25, -0.2) is 0 Å². The molecule has 69 heavy (non-hydrogen) atoms. The molecule has 0 unspecified atom stereocenters. The molecule has 1 aromatic heterocycles. The Morgan fingerprint density at radius 3 is 1.39 bits per heavy atom. The predicted octanol–water partition coefficient (Wildman–Crippen LogP) is 19.1. The van der Waals surface area contributed by atoms with Crippen LogP contribution < -0.4 is 9.64 Å². The molecule has 1 aliphatic rings. The molecular weight excluding hydrogens is 839 g/mol. The van der Waals surface area contributed by atoms with Crippen molar-refractivity contribution < 1.29 is 9.15 Å². The Bertz CT molecular complexity index is 4280. The molecule has 2 heterocycles. The Morgan fingerprint density at radius 1 is 0.261 bits per heavy atom. The van der Waals surface area contributed by atoms with E-state index >= 15 is 0 Å². The van der Waals surface area contributed by atoms with Gasteiger partial charge >= 0.3 is 0 Å². The van der Waals surface area contributed by atoms with Crippen LogP contribution in [0, 0.1) is 0 Å². The maximum atomic E-state index is 7.01. The van der Waals surface area contributed by atoms with Gasteiger partial charge in [0, 0.05) is 44.3 Å². The van der Waals surface area contributed by atoms with Crippen LogP contribution in [-0.2, 0) is 0 Å². The van der Waals surface area contributed by atoms with Gasteiger partial charge in [0.15, 0.2) is 0 Å². The summed E-state index contributed by atoms with van der Waals surface area (Å²) in [5.41, 5.74) is 11.5. The first-order valence-electron chi connectivity index (χ1n) is 23.6. The summed E-state index contributed by atoms with van der Waals surface area (Å²) in [4.78, 5) is 2.41. The molecule has 0 spiro atoms. The van der Waals surface area contributed by atoms with Crippen molar-refractivity contribution in [2.24, 2.45) is 0 Å². The monoisotopic (exact) mass is 879 g/mol. The molecule has 0 aliphatic carbocycles. The molecular formula is C66H41NO2. The van der Waals surface area contributed by atoms with Gasteiger partial charge in [-0.3, -0.25) is 0 Å². The standard InChI is InChI=1S/C66H41NO2/c1-2-16-42(17-3-1)43-30-32-44(33-31-43)67(45-35-37-53-54-23-10-13-27-62(54)68-63-28-14-12-25-56(63)60(53)40-45)46-34-36-52-50-21-7-5-19-48(50)47-18-4-6-20-49(47)51-22-8-9-26-57(51)65-58(61(52)41-46)38-39-59-55-24-11-15-29-64(55)69-66(59)65/h1-41H. The fourth-order valence-electron chi connectivity index (χ4n) is 10.9. The Labute approximate surface area is 398 Å². The van der Waals surface area contributed by atoms with Crippen molar-refractivity contribution >= 4 is 92.9 Å². The minimum absolute atomic E-state index is 0.835. The molecule has 0 atom stereocenters. The molecule has 0 saturated heterocycles. The Kier molecular flexibility index (Phi) is 8.90. The van der Waals surface area contributed by atoms with Crippen LogP contribution in [-0.4, -0.2) is 0 Å². The third-order valence-electron chi connectivity index (χ3n) is 14.1. The summed E-state index contributed by atoms with van der Waals surface area (Å²) >= 11 is 0. The molecule has 0 amide bonds. The molecule has 1 aliphatic heterocycles. The van der Waals surface area contributed by atoms with E-state index in [0.29, 0.717) is 0 Å². The number of ether oxygens (including phenoxy) is 1. The van der Waals surface area contributed by atoms with Gasteiger partial charge in [-0.2, -0.15) is 0 Å². The summed E-state index contributed by atoms with van der Waals surface area (Å²) < 4.78 is 13.7. The molecule has 0 fully saturated rings. The van der Waals surface area contributed by atoms with E-state index in [9.17, 15) is 0 Å². The third kappa shape index (κ3) is 6.29. The van der Waals surface area contributed by atoms with Gasteiger partial charge in [0.1, 0.15) is 22.7 Å². The summed E-state index contributed by atoms with van der Waals surface area (Å²) in [6.07, 6.45) is 0. The summed E-state index contributed by atoms with van der Waals surface area (Å²) in [6.45, 7) is 0. The number of para-hydroxylation sites is 3. The maximum absolute atomic E-state index is 7.01. The fourth-order valence-corrected chi connectivity index (χ4v) is 10.9. The van der Waals surface area contributed by atoms with Crippen LogP contribution in [0.15, 0.2) is 253 Å². The fraction of sp³-hybridized carbons (Fsp3) is 0. The molecule has 0 radical (unpaired) electrons. The highest BCUT2D eigenvalue weighted by Gasteiger charge is 2.24. The van der Waals surface area contributed by atoms with Crippen molar-refractivity contribution in [2.45, 2.75) is 0 Å². The third-order valence-corrected chi connectivity index (χ3v) is 14.1. The van der Waals surface area contributed by atoms with Gasteiger partial charge in [0.25, 0.3) is 0 Å². The van der Waals surface area contributed by atoms with E-state index in [2.05, 4.69) is 241 Å². The van der Waals surface area contributed by atoms with E-state index in [1.807, 2.05) is 12.1 Å². The highest BCUT2D eigenvalue weighted by atomic mass is 16.5. The lowest BCUT2D eigenvalue weighted by atomic mass is 9.92. The van der Waals surface area contributed by atoms with Gasteiger partial charge in [-0.05, 0) is 131 Å². The minimum Gasteiger partial charge on any atom is -0.456 e. The predicted molar refractivity (Wildman–Crippen MR) is 290 cm³/mol. The van der Waals surface area contributed by atoms with Crippen LogP contribution in [0.2, 0.25) is 0 Å². The van der Waals surface area contributed by atoms with Crippen molar-refractivity contribution in [2.75, 3.05) is 4.90 Å². The van der Waals surface area contributed by atoms with Gasteiger partial charge in [0.2, 0.25) is 0 Å². The Morgan fingerprint density at radius 2 is 0.710 bits per heavy atom. The van der Waals surface area contributed by atoms with Crippen molar-refractivity contribution in [1.29, 1.82) is 0 Å². The van der Waals surface area contributed by atoms with Crippen LogP contribution in [0.1, 0.15) is 0 Å². The van der Waals surface area contributed by atoms with E-state index in [0.717, 1.165) is 111 Å². The first kappa shape index (κ1) is 39.0. The van der Waals surface area contributed by atoms with E-state index in [1.165, 1.54) is 27.1 Å². The maximum Gasteiger partial charge on any atom is 0.143 e. The SMILES string of the molecule is c1ccc(-c2ccc(N(c3ccc4c(c3)-c3ccccc3Oc3ccccc3-4)c3ccc4c5ccccc5c5ccccc5c5ccccc5c5c(ccc6c7ccccc7oc65)c4c3)cc2)cc1. The zero-order valence-corrected chi connectivity index (χ0v) is 37.4. The lowest BCUT2D eigenvalue weighted by Gasteiger charge is -2.27. The molecule has 12 aromatic carbocycles. The number of rotatable bonds is 4. The zero-order valence-electron chi connectivity index (χ0n) is 37.4. The molecule has 0 bridgehead atoms. The number of benzene rings is 11. The van der Waals surface area contributed by atoms with Crippen LogP contribution >= 0.6 is 0 Å². The highest BCUT2D eigenvalue weighted by molar-refractivity contribution is 6.31. The highest BCUT2D eigenvalue weighted by Crippen LogP contribution is 2.50. The second-order valence-corrected chi connectivity index (χ2v) is 17.9. The van der Waals surface area contributed by atoms with Crippen molar-refractivity contribution in [3.63, 3.8) is 0 Å². The lowest BCUT2D eigenvalue weighted by Crippen LogP contribution is -2.10. The van der Waals surface area contributed by atoms with Crippen molar-refractivity contribution in [3.8, 4) is 44.9 Å². The van der Waals surface area contributed by atoms with Crippen LogP contribution in [0.4, 0.5) is 17.1 Å². The number of hydrogen-bond acceptors (Lipinski definition) is 3. The summed E-state index contributed by atoms with van der Waals surface area (Å²) in [6, 6.07) is 89.7. The quantitative estimate of drug-likeness (QED) is 0.176. The van der Waals surface area contributed by atoms with Gasteiger partial charge in [0.05, 0.1) is 0 Å². The largest absolute Gasteiger partial charge is 0.456 e. The van der Waals surface area contributed by atoms with Crippen LogP contribution in [0.5, 0.6) is 11.5 Å². The summed E-state index contributed by atoms with van der Waals surface area (Å²) in [7, 11) is 0. The molecule has 3 heteroatoms. The molecule has 13 aromatic rings. The number of hydrogen-bond donors (Lipinski definition) is 0. The molecule has 0 N–H and O–H groups in total. The number of fused-ring (bicyclic) bond motifs is 19. The minimum atomic E-state index is 0.835. The smallest absolute Gasteiger partial charge is 0.143 e. The van der Waals surface area contributed by atoms with Gasteiger partial charge in [-0.15, -0.1) is 0 Å². The number of anilines is 3. The van der Waals surface area contributed by atoms with E-state index < -0.39 is 0 Å².